The summed E-state index contributed by atoms with van der Waals surface area (Å²) >= 11 is 0. The van der Waals surface area contributed by atoms with Crippen molar-refractivity contribution in [1.29, 1.82) is 0 Å². The molecule has 0 atom stereocenters. The maximum Gasteiger partial charge on any atom is 0.348 e. The van der Waals surface area contributed by atoms with Gasteiger partial charge >= 0.3 is 11.5 Å². The normalized spacial score (nSPS) is 10.2. The largest absolute Gasteiger partial charge is 0.502 e. The van der Waals surface area contributed by atoms with Crippen LogP contribution in [0.15, 0.2) is 41.3 Å². The van der Waals surface area contributed by atoms with Crippen molar-refractivity contribution in [1.82, 2.24) is 5.10 Å². The van der Waals surface area contributed by atoms with Crippen LogP contribution in [0.3, 0.4) is 0 Å². The Labute approximate surface area is 108 Å². The molecule has 1 heterocycles. The van der Waals surface area contributed by atoms with Gasteiger partial charge in [0.1, 0.15) is 0 Å². The zero-order valence-corrected chi connectivity index (χ0v) is 10.3. The zero-order valence-electron chi connectivity index (χ0n) is 10.3. The summed E-state index contributed by atoms with van der Waals surface area (Å²) in [6, 6.07) is 8.90. The highest BCUT2D eigenvalue weighted by molar-refractivity contribution is 5.91. The molecule has 19 heavy (non-hydrogen) atoms. The van der Waals surface area contributed by atoms with E-state index < -0.39 is 22.8 Å². The second-order valence-corrected chi connectivity index (χ2v) is 3.76. The molecule has 1 aromatic carbocycles. The molecule has 0 aliphatic rings. The van der Waals surface area contributed by atoms with Crippen molar-refractivity contribution >= 4 is 5.97 Å². The predicted molar refractivity (Wildman–Crippen MR) is 66.2 cm³/mol. The molecule has 0 fully saturated rings. The van der Waals surface area contributed by atoms with Crippen molar-refractivity contribution < 1.29 is 19.3 Å². The quantitative estimate of drug-likeness (QED) is 0.623. The van der Waals surface area contributed by atoms with Crippen molar-refractivity contribution in [3.63, 3.8) is 0 Å². The number of aromatic nitrogens is 2. The van der Waals surface area contributed by atoms with Crippen LogP contribution in [0.4, 0.5) is 0 Å². The number of benzene rings is 1. The van der Waals surface area contributed by atoms with E-state index in [1.165, 1.54) is 10.9 Å². The van der Waals surface area contributed by atoms with Gasteiger partial charge in [0.25, 0.3) is 0 Å². The molecule has 98 valence electrons. The number of ether oxygens (including phenoxy) is 1. The van der Waals surface area contributed by atoms with Gasteiger partial charge in [-0.15, -0.1) is 5.10 Å². The summed E-state index contributed by atoms with van der Waals surface area (Å²) in [6.45, 7) is 1.75. The number of esters is 1. The number of carbonyl (C=O) groups excluding carboxylic acids is 1. The molecular formula is C13H13N2O4+. The fourth-order valence-electron chi connectivity index (χ4n) is 1.63. The van der Waals surface area contributed by atoms with E-state index in [-0.39, 0.29) is 6.61 Å². The topological polar surface area (TPSA) is 83.3 Å². The average Bonchev–Trinajstić information content (AvgIpc) is 2.39. The van der Waals surface area contributed by atoms with Crippen LogP contribution in [0.2, 0.25) is 0 Å². The van der Waals surface area contributed by atoms with Gasteiger partial charge in [0.05, 0.1) is 6.61 Å². The van der Waals surface area contributed by atoms with Gasteiger partial charge in [0.2, 0.25) is 17.6 Å². The van der Waals surface area contributed by atoms with Gasteiger partial charge in [0.15, 0.2) is 5.56 Å². The number of nitrogens with zero attached hydrogens (tertiary/aromatic N) is 1. The van der Waals surface area contributed by atoms with E-state index in [0.29, 0.717) is 5.69 Å². The minimum atomic E-state index is -0.846. The molecule has 0 aliphatic heterocycles. The van der Waals surface area contributed by atoms with E-state index in [2.05, 4.69) is 5.10 Å². The van der Waals surface area contributed by atoms with Crippen molar-refractivity contribution in [2.45, 2.75) is 6.92 Å². The standard InChI is InChI=1S/C13H12N2O4/c1-2-19-13(18)11-10(16)8-15(14-12(11)17)9-6-4-3-5-7-9/h3-8H,2H2,1H3,(H-,14,16,17,18)/p+1. The van der Waals surface area contributed by atoms with E-state index in [1.807, 2.05) is 6.07 Å². The smallest absolute Gasteiger partial charge is 0.348 e. The summed E-state index contributed by atoms with van der Waals surface area (Å²) in [6.07, 6.45) is 1.25. The maximum absolute atomic E-state index is 11.8. The van der Waals surface area contributed by atoms with E-state index >= 15 is 0 Å². The summed E-state index contributed by atoms with van der Waals surface area (Å²) in [5.74, 6) is -1.27. The number of para-hydroxylation sites is 1. The van der Waals surface area contributed by atoms with Gasteiger partial charge in [0, 0.05) is 12.1 Å². The lowest BCUT2D eigenvalue weighted by molar-refractivity contribution is -0.661. The first-order valence-corrected chi connectivity index (χ1v) is 5.74. The summed E-state index contributed by atoms with van der Waals surface area (Å²) < 4.78 is 6.04. The zero-order chi connectivity index (χ0) is 13.8. The predicted octanol–water partition coefficient (Wildman–Crippen LogP) is 0.534. The highest BCUT2D eigenvalue weighted by atomic mass is 16.5. The van der Waals surface area contributed by atoms with Gasteiger partial charge in [-0.2, -0.15) is 0 Å². The second-order valence-electron chi connectivity index (χ2n) is 3.76. The van der Waals surface area contributed by atoms with Gasteiger partial charge in [-0.1, -0.05) is 22.9 Å². The molecule has 0 unspecified atom stereocenters. The minimum absolute atomic E-state index is 0.130. The Balaban J connectivity index is 2.49. The fraction of sp³-hybridized carbons (Fsp3) is 0.154. The number of nitrogens with one attached hydrogen (secondary N) is 1. The van der Waals surface area contributed by atoms with Crippen molar-refractivity contribution in [2.75, 3.05) is 6.61 Å². The SMILES string of the molecule is CCOC(=O)c1c(O)c[n+](-c2ccccc2)[nH]c1=O. The minimum Gasteiger partial charge on any atom is -0.502 e. The molecule has 6 heteroatoms. The molecule has 6 nitrogen and oxygen atoms in total. The highest BCUT2D eigenvalue weighted by Gasteiger charge is 2.22. The van der Waals surface area contributed by atoms with Crippen molar-refractivity contribution in [3.05, 3.63) is 52.4 Å². The number of hydrogen-bond acceptors (Lipinski definition) is 4. The van der Waals surface area contributed by atoms with E-state index in [0.717, 1.165) is 0 Å². The Morgan fingerprint density at radius 2 is 2.05 bits per heavy atom. The van der Waals surface area contributed by atoms with Crippen molar-refractivity contribution in [2.24, 2.45) is 0 Å². The summed E-state index contributed by atoms with van der Waals surface area (Å²) in [5, 5.41) is 12.3. The van der Waals surface area contributed by atoms with Crippen LogP contribution in [-0.4, -0.2) is 22.8 Å². The molecule has 1 aromatic heterocycles. The Bertz CT molecular complexity index is 649. The molecule has 0 amide bonds. The van der Waals surface area contributed by atoms with Crippen LogP contribution in [0.5, 0.6) is 5.75 Å². The Morgan fingerprint density at radius 3 is 2.63 bits per heavy atom. The third kappa shape index (κ3) is 2.62. The van der Waals surface area contributed by atoms with Crippen LogP contribution in [0.25, 0.3) is 5.69 Å². The number of rotatable bonds is 3. The van der Waals surface area contributed by atoms with Crippen LogP contribution >= 0.6 is 0 Å². The molecule has 0 saturated heterocycles. The lowest BCUT2D eigenvalue weighted by Gasteiger charge is -2.02. The van der Waals surface area contributed by atoms with Gasteiger partial charge < -0.3 is 9.84 Å². The van der Waals surface area contributed by atoms with Gasteiger partial charge in [-0.25, -0.2) is 4.79 Å². The molecule has 2 N–H and O–H groups in total. The van der Waals surface area contributed by atoms with Gasteiger partial charge in [-0.05, 0) is 6.92 Å². The summed E-state index contributed by atoms with van der Waals surface area (Å²) in [7, 11) is 0. The Hall–Kier alpha value is -2.63. The summed E-state index contributed by atoms with van der Waals surface area (Å²) in [5.41, 5.74) is -0.443. The number of carbonyl (C=O) groups is 1. The average molecular weight is 261 g/mol. The molecule has 0 bridgehead atoms. The van der Waals surface area contributed by atoms with E-state index in [4.69, 9.17) is 4.74 Å². The highest BCUT2D eigenvalue weighted by Crippen LogP contribution is 2.10. The fourth-order valence-corrected chi connectivity index (χ4v) is 1.63. The van der Waals surface area contributed by atoms with Crippen LogP contribution < -0.4 is 10.2 Å². The number of aromatic amines is 1. The summed E-state index contributed by atoms with van der Waals surface area (Å²) in [4.78, 5) is 23.3. The van der Waals surface area contributed by atoms with E-state index in [1.54, 1.807) is 31.2 Å². The van der Waals surface area contributed by atoms with E-state index in [9.17, 15) is 14.7 Å². The van der Waals surface area contributed by atoms with Crippen LogP contribution in [0.1, 0.15) is 17.3 Å². The van der Waals surface area contributed by atoms with Crippen molar-refractivity contribution in [3.8, 4) is 11.4 Å². The molecule has 0 radical (unpaired) electrons. The molecule has 0 aliphatic carbocycles. The molecule has 0 saturated carbocycles. The number of H-pyrrole nitrogens is 1. The first-order valence-electron chi connectivity index (χ1n) is 5.74. The third-order valence-corrected chi connectivity index (χ3v) is 2.47. The number of aromatic hydroxyl groups is 1. The lowest BCUT2D eigenvalue weighted by Crippen LogP contribution is -2.42. The monoisotopic (exact) mass is 261 g/mol. The lowest BCUT2D eigenvalue weighted by atomic mass is 10.2. The molecular weight excluding hydrogens is 248 g/mol. The first kappa shape index (κ1) is 12.8. The van der Waals surface area contributed by atoms with Gasteiger partial charge in [-0.3, -0.25) is 4.79 Å². The number of hydrogen-bond donors (Lipinski definition) is 2. The molecule has 0 spiro atoms. The first-order chi connectivity index (χ1) is 9.13. The Morgan fingerprint density at radius 1 is 1.37 bits per heavy atom. The second kappa shape index (κ2) is 5.34. The molecule has 2 aromatic rings. The molecule has 2 rings (SSSR count). The van der Waals surface area contributed by atoms with Crippen LogP contribution in [-0.2, 0) is 4.74 Å². The van der Waals surface area contributed by atoms with Crippen LogP contribution in [0, 0.1) is 0 Å². The third-order valence-electron chi connectivity index (χ3n) is 2.47. The Kier molecular flexibility index (Phi) is 3.61. The maximum atomic E-state index is 11.8.